The minimum atomic E-state index is -0.632. The normalized spacial score (nSPS) is 32.2. The molecule has 0 radical (unpaired) electrons. The van der Waals surface area contributed by atoms with Gasteiger partial charge in [-0.25, -0.2) is 0 Å². The zero-order chi connectivity index (χ0) is 12.0. The van der Waals surface area contributed by atoms with Gasteiger partial charge in [-0.1, -0.05) is 0 Å². The number of carboxylic acids is 1. The molecule has 3 unspecified atom stereocenters. The smallest absolute Gasteiger partial charge is 0.308 e. The molecule has 0 aromatic carbocycles. The molecule has 3 atom stereocenters. The summed E-state index contributed by atoms with van der Waals surface area (Å²) in [6, 6.07) is 2.69. The molecule has 1 aromatic rings. The maximum atomic E-state index is 11.2. The molecule has 1 aromatic heterocycles. The fraction of sp³-hybridized carbons (Fsp3) is 0.667. The number of rotatable bonds is 3. The predicted octanol–water partition coefficient (Wildman–Crippen LogP) is 0.858. The van der Waals surface area contributed by atoms with Crippen LogP contribution >= 0.6 is 0 Å². The van der Waals surface area contributed by atoms with Crippen molar-refractivity contribution in [2.45, 2.75) is 37.9 Å². The summed E-state index contributed by atoms with van der Waals surface area (Å²) < 4.78 is 1.87. The Morgan fingerprint density at radius 3 is 3.00 bits per heavy atom. The second-order valence-electron chi connectivity index (χ2n) is 5.10. The Morgan fingerprint density at radius 2 is 2.41 bits per heavy atom. The Hall–Kier alpha value is -1.36. The molecule has 17 heavy (non-hydrogen) atoms. The lowest BCUT2D eigenvalue weighted by molar-refractivity contribution is -0.142. The Morgan fingerprint density at radius 1 is 1.59 bits per heavy atom. The molecule has 0 amide bonds. The van der Waals surface area contributed by atoms with Gasteiger partial charge in [0.05, 0.1) is 11.6 Å². The van der Waals surface area contributed by atoms with Gasteiger partial charge in [0.25, 0.3) is 0 Å². The molecule has 2 fully saturated rings. The second-order valence-corrected chi connectivity index (χ2v) is 5.10. The van der Waals surface area contributed by atoms with Crippen molar-refractivity contribution in [3.05, 3.63) is 18.0 Å². The lowest BCUT2D eigenvalue weighted by atomic mass is 9.89. The van der Waals surface area contributed by atoms with Crippen LogP contribution in [-0.2, 0) is 18.4 Å². The van der Waals surface area contributed by atoms with Crippen molar-refractivity contribution >= 4 is 5.97 Å². The third kappa shape index (κ3) is 1.65. The predicted molar refractivity (Wildman–Crippen MR) is 61.3 cm³/mol. The van der Waals surface area contributed by atoms with Gasteiger partial charge in [-0.15, -0.1) is 0 Å². The van der Waals surface area contributed by atoms with Crippen LogP contribution in [0, 0.1) is 5.92 Å². The minimum Gasteiger partial charge on any atom is -0.481 e. The van der Waals surface area contributed by atoms with E-state index in [9.17, 15) is 9.90 Å². The maximum absolute atomic E-state index is 11.2. The molecule has 5 heteroatoms. The van der Waals surface area contributed by atoms with Crippen LogP contribution in [0.5, 0.6) is 0 Å². The van der Waals surface area contributed by atoms with Crippen molar-refractivity contribution in [2.75, 3.05) is 0 Å². The Kier molecular flexibility index (Phi) is 2.43. The molecule has 5 nitrogen and oxygen atoms in total. The van der Waals surface area contributed by atoms with Gasteiger partial charge in [-0.05, 0) is 25.3 Å². The first kappa shape index (κ1) is 10.8. The number of nitrogens with zero attached hydrogens (tertiary/aromatic N) is 3. The van der Waals surface area contributed by atoms with Crippen LogP contribution in [0.2, 0.25) is 0 Å². The molecule has 0 saturated carbocycles. The number of carbonyl (C=O) groups is 1. The zero-order valence-electron chi connectivity index (χ0n) is 9.91. The van der Waals surface area contributed by atoms with E-state index >= 15 is 0 Å². The largest absolute Gasteiger partial charge is 0.481 e. The maximum Gasteiger partial charge on any atom is 0.308 e. The topological polar surface area (TPSA) is 58.4 Å². The lowest BCUT2D eigenvalue weighted by Crippen LogP contribution is -2.33. The fourth-order valence-electron chi connectivity index (χ4n) is 3.36. The lowest BCUT2D eigenvalue weighted by Gasteiger charge is -2.22. The van der Waals surface area contributed by atoms with Gasteiger partial charge in [-0.3, -0.25) is 14.4 Å². The molecule has 0 aliphatic carbocycles. The van der Waals surface area contributed by atoms with Crippen molar-refractivity contribution in [3.8, 4) is 0 Å². The molecule has 0 spiro atoms. The van der Waals surface area contributed by atoms with E-state index in [2.05, 4.69) is 10.00 Å². The molecular weight excluding hydrogens is 218 g/mol. The summed E-state index contributed by atoms with van der Waals surface area (Å²) in [4.78, 5) is 13.5. The Balaban J connectivity index is 1.77. The van der Waals surface area contributed by atoms with Crippen molar-refractivity contribution in [1.82, 2.24) is 14.7 Å². The van der Waals surface area contributed by atoms with Crippen molar-refractivity contribution < 1.29 is 9.90 Å². The van der Waals surface area contributed by atoms with Gasteiger partial charge in [0.15, 0.2) is 0 Å². The quantitative estimate of drug-likeness (QED) is 0.844. The zero-order valence-corrected chi connectivity index (χ0v) is 9.91. The summed E-state index contributed by atoms with van der Waals surface area (Å²) in [6.45, 7) is 0.829. The van der Waals surface area contributed by atoms with Crippen LogP contribution in [0.3, 0.4) is 0 Å². The highest BCUT2D eigenvalue weighted by atomic mass is 16.4. The highest BCUT2D eigenvalue weighted by Crippen LogP contribution is 2.42. The molecule has 92 valence electrons. The van der Waals surface area contributed by atoms with E-state index in [1.165, 1.54) is 0 Å². The van der Waals surface area contributed by atoms with Crippen LogP contribution < -0.4 is 0 Å². The van der Waals surface area contributed by atoms with E-state index in [0.29, 0.717) is 6.04 Å². The first-order valence-electron chi connectivity index (χ1n) is 6.12. The molecule has 3 rings (SSSR count). The summed E-state index contributed by atoms with van der Waals surface area (Å²) >= 11 is 0. The summed E-state index contributed by atoms with van der Waals surface area (Å²) in [7, 11) is 1.93. The van der Waals surface area contributed by atoms with Crippen LogP contribution in [0.15, 0.2) is 12.3 Å². The minimum absolute atomic E-state index is 0.165. The highest BCUT2D eigenvalue weighted by molar-refractivity contribution is 5.71. The number of aliphatic carboxylic acids is 1. The van der Waals surface area contributed by atoms with Gasteiger partial charge in [0.1, 0.15) is 0 Å². The Labute approximate surface area is 100 Å². The van der Waals surface area contributed by atoms with Crippen LogP contribution in [-0.4, -0.2) is 37.8 Å². The molecule has 1 N–H and O–H groups in total. The van der Waals surface area contributed by atoms with E-state index < -0.39 is 5.97 Å². The summed E-state index contributed by atoms with van der Waals surface area (Å²) in [5, 5.41) is 13.3. The first-order valence-corrected chi connectivity index (χ1v) is 6.12. The fourth-order valence-corrected chi connectivity index (χ4v) is 3.36. The molecule has 2 bridgehead atoms. The second kappa shape index (κ2) is 3.84. The number of fused-ring (bicyclic) bond motifs is 2. The third-order valence-electron chi connectivity index (χ3n) is 4.27. The number of aryl methyl sites for hydroxylation is 1. The van der Waals surface area contributed by atoms with Gasteiger partial charge in [0.2, 0.25) is 0 Å². The molecule has 2 aliphatic rings. The van der Waals surface area contributed by atoms with E-state index in [4.69, 9.17) is 0 Å². The van der Waals surface area contributed by atoms with Gasteiger partial charge >= 0.3 is 5.97 Å². The van der Waals surface area contributed by atoms with Gasteiger partial charge in [0, 0.05) is 31.9 Å². The number of aromatic nitrogens is 2. The standard InChI is InChI=1S/C12H17N3O2/c1-14-9(4-5-13-14)7-15-8-2-3-11(15)10(6-8)12(16)17/h4-5,8,10-11H,2-3,6-7H2,1H3,(H,16,17). The third-order valence-corrected chi connectivity index (χ3v) is 4.27. The van der Waals surface area contributed by atoms with Crippen molar-refractivity contribution in [2.24, 2.45) is 13.0 Å². The summed E-state index contributed by atoms with van der Waals surface area (Å²) in [5.74, 6) is -0.797. The van der Waals surface area contributed by atoms with Crippen molar-refractivity contribution in [3.63, 3.8) is 0 Å². The summed E-state index contributed by atoms with van der Waals surface area (Å²) in [5.41, 5.74) is 1.16. The van der Waals surface area contributed by atoms with Crippen molar-refractivity contribution in [1.29, 1.82) is 0 Å². The monoisotopic (exact) mass is 235 g/mol. The van der Waals surface area contributed by atoms with Crippen LogP contribution in [0.25, 0.3) is 0 Å². The summed E-state index contributed by atoms with van der Waals surface area (Å²) in [6.07, 6.45) is 4.78. The van der Waals surface area contributed by atoms with Crippen LogP contribution in [0.1, 0.15) is 25.0 Å². The van der Waals surface area contributed by atoms with E-state index in [1.54, 1.807) is 6.20 Å². The SMILES string of the molecule is Cn1nccc1CN1C2CCC1C(C(=O)O)C2. The average Bonchev–Trinajstić information content (AvgIpc) is 2.96. The average molecular weight is 235 g/mol. The molecule has 2 saturated heterocycles. The van der Waals surface area contributed by atoms with Crippen LogP contribution in [0.4, 0.5) is 0 Å². The number of hydrogen-bond donors (Lipinski definition) is 1. The van der Waals surface area contributed by atoms with Gasteiger partial charge < -0.3 is 5.11 Å². The number of hydrogen-bond acceptors (Lipinski definition) is 3. The number of carboxylic acid groups (broad SMARTS) is 1. The molecule has 3 heterocycles. The first-order chi connectivity index (χ1) is 8.16. The van der Waals surface area contributed by atoms with E-state index in [1.807, 2.05) is 17.8 Å². The Bertz CT molecular complexity index is 443. The van der Waals surface area contributed by atoms with Gasteiger partial charge in [-0.2, -0.15) is 5.10 Å². The highest BCUT2D eigenvalue weighted by Gasteiger charge is 2.49. The van der Waals surface area contributed by atoms with E-state index in [-0.39, 0.29) is 12.0 Å². The van der Waals surface area contributed by atoms with E-state index in [0.717, 1.165) is 31.5 Å². The molecular formula is C12H17N3O2. The molecule has 2 aliphatic heterocycles.